The van der Waals surface area contributed by atoms with Crippen molar-refractivity contribution in [3.63, 3.8) is 0 Å². The quantitative estimate of drug-likeness (QED) is 0.223. The highest BCUT2D eigenvalue weighted by atomic mass is 79.9. The maximum Gasteiger partial charge on any atom is 0.321 e. The van der Waals surface area contributed by atoms with Gasteiger partial charge in [0.1, 0.15) is 11.0 Å². The van der Waals surface area contributed by atoms with E-state index in [9.17, 15) is 9.59 Å². The van der Waals surface area contributed by atoms with Crippen molar-refractivity contribution in [3.8, 4) is 16.9 Å². The van der Waals surface area contributed by atoms with Crippen LogP contribution in [0.1, 0.15) is 31.4 Å². The van der Waals surface area contributed by atoms with Crippen molar-refractivity contribution in [2.24, 2.45) is 0 Å². The molecule has 4 rings (SSSR count). The molecule has 0 N–H and O–H groups in total. The first-order chi connectivity index (χ1) is 16.5. The second-order valence-corrected chi connectivity index (χ2v) is 9.95. The summed E-state index contributed by atoms with van der Waals surface area (Å²) in [6, 6.07) is 23.0. The van der Waals surface area contributed by atoms with Crippen LogP contribution in [0.15, 0.2) is 77.3 Å². The van der Waals surface area contributed by atoms with Crippen molar-refractivity contribution in [1.82, 2.24) is 0 Å². The number of unbranched alkanes of at least 4 members (excludes halogenated alkanes) is 1. The number of halogens is 1. The van der Waals surface area contributed by atoms with Gasteiger partial charge >= 0.3 is 5.97 Å². The van der Waals surface area contributed by atoms with Crippen LogP contribution in [-0.4, -0.2) is 30.2 Å². The zero-order valence-electron chi connectivity index (χ0n) is 19.1. The molecule has 0 radical (unpaired) electrons. The maximum atomic E-state index is 13.2. The molecule has 0 bridgehead atoms. The molecule has 0 saturated carbocycles. The fraction of sp³-hybridized carbons (Fsp3) is 0.259. The molecule has 7 heteroatoms. The maximum absolute atomic E-state index is 13.2. The van der Waals surface area contributed by atoms with E-state index in [1.165, 1.54) is 7.11 Å². The molecule has 0 aromatic heterocycles. The number of rotatable bonds is 8. The normalized spacial score (nSPS) is 17.6. The van der Waals surface area contributed by atoms with Crippen molar-refractivity contribution in [3.05, 3.63) is 82.8 Å². The Labute approximate surface area is 212 Å². The number of amides is 1. The second kappa shape index (κ2) is 11.1. The molecule has 1 saturated heterocycles. The van der Waals surface area contributed by atoms with E-state index in [4.69, 9.17) is 9.47 Å². The van der Waals surface area contributed by atoms with Gasteiger partial charge in [-0.2, -0.15) is 0 Å². The first-order valence-corrected chi connectivity index (χ1v) is 12.9. The zero-order valence-corrected chi connectivity index (χ0v) is 21.5. The predicted octanol–water partition coefficient (Wildman–Crippen LogP) is 7.25. The first kappa shape index (κ1) is 24.4. The molecule has 2 atom stereocenters. The summed E-state index contributed by atoms with van der Waals surface area (Å²) < 4.78 is 12.0. The standard InChI is InChI=1S/C27H26BrNO4S/c1-3-4-16-33-23-17-20(28)12-15-22(23)24-25(26(30)32-2)34-27(31)29(24)21-13-10-19(11-14-21)18-8-6-5-7-9-18/h5-15,17,24-25H,3-4,16H2,1-2H3/t24-,25+/m1/s1. The lowest BCUT2D eigenvalue weighted by atomic mass is 9.99. The minimum atomic E-state index is -0.707. The monoisotopic (exact) mass is 539 g/mol. The molecular formula is C27H26BrNO4S. The average molecular weight is 540 g/mol. The van der Waals surface area contributed by atoms with Crippen LogP contribution in [0, 0.1) is 0 Å². The Hall–Kier alpha value is -2.77. The smallest absolute Gasteiger partial charge is 0.321 e. The Balaban J connectivity index is 1.75. The largest absolute Gasteiger partial charge is 0.493 e. The van der Waals surface area contributed by atoms with E-state index in [2.05, 4.69) is 22.9 Å². The summed E-state index contributed by atoms with van der Waals surface area (Å²) in [6.07, 6.45) is 1.92. The topological polar surface area (TPSA) is 55.8 Å². The molecule has 0 spiro atoms. The van der Waals surface area contributed by atoms with Crippen molar-refractivity contribution in [2.45, 2.75) is 31.1 Å². The second-order valence-electron chi connectivity index (χ2n) is 7.94. The fourth-order valence-corrected chi connectivity index (χ4v) is 5.47. The molecule has 1 aliphatic rings. The van der Waals surface area contributed by atoms with Gasteiger partial charge in [-0.15, -0.1) is 0 Å². The van der Waals surface area contributed by atoms with E-state index in [1.54, 1.807) is 4.90 Å². The summed E-state index contributed by atoms with van der Waals surface area (Å²) in [7, 11) is 1.35. The van der Waals surface area contributed by atoms with Crippen LogP contribution in [0.5, 0.6) is 5.75 Å². The number of hydrogen-bond acceptors (Lipinski definition) is 5. The molecular weight excluding hydrogens is 514 g/mol. The molecule has 1 aliphatic heterocycles. The van der Waals surface area contributed by atoms with E-state index < -0.39 is 17.3 Å². The van der Waals surface area contributed by atoms with Gasteiger partial charge in [0.2, 0.25) is 0 Å². The number of ether oxygens (including phenoxy) is 2. The number of thioether (sulfide) groups is 1. The van der Waals surface area contributed by atoms with E-state index >= 15 is 0 Å². The summed E-state index contributed by atoms with van der Waals surface area (Å²) in [4.78, 5) is 27.6. The summed E-state index contributed by atoms with van der Waals surface area (Å²) in [5, 5.41) is -0.906. The SMILES string of the molecule is CCCCOc1cc(Br)ccc1[C@@H]1[C@@H](C(=O)OC)SC(=O)N1c1ccc(-c2ccccc2)cc1. The van der Waals surface area contributed by atoms with Gasteiger partial charge in [0, 0.05) is 15.7 Å². The van der Waals surface area contributed by atoms with E-state index in [0.717, 1.165) is 51.5 Å². The number of methoxy groups -OCH3 is 1. The molecule has 5 nitrogen and oxygen atoms in total. The van der Waals surface area contributed by atoms with Gasteiger partial charge in [0.15, 0.2) is 0 Å². The molecule has 3 aromatic rings. The molecule has 34 heavy (non-hydrogen) atoms. The van der Waals surface area contributed by atoms with Gasteiger partial charge in [-0.1, -0.05) is 77.8 Å². The Kier molecular flexibility index (Phi) is 7.95. The minimum absolute atomic E-state index is 0.199. The Bertz CT molecular complexity index is 1150. The van der Waals surface area contributed by atoms with Gasteiger partial charge in [0.25, 0.3) is 5.24 Å². The number of anilines is 1. The predicted molar refractivity (Wildman–Crippen MR) is 140 cm³/mol. The van der Waals surface area contributed by atoms with Crippen LogP contribution in [0.3, 0.4) is 0 Å². The molecule has 3 aromatic carbocycles. The van der Waals surface area contributed by atoms with Crippen molar-refractivity contribution < 1.29 is 19.1 Å². The Morgan fingerprint density at radius 2 is 1.74 bits per heavy atom. The summed E-state index contributed by atoms with van der Waals surface area (Å²) >= 11 is 4.51. The van der Waals surface area contributed by atoms with Gasteiger partial charge in [-0.3, -0.25) is 14.5 Å². The Morgan fingerprint density at radius 3 is 2.41 bits per heavy atom. The number of benzene rings is 3. The van der Waals surface area contributed by atoms with Crippen molar-refractivity contribution in [1.29, 1.82) is 0 Å². The zero-order chi connectivity index (χ0) is 24.1. The fourth-order valence-electron chi connectivity index (χ4n) is 3.99. The third-order valence-electron chi connectivity index (χ3n) is 5.73. The Morgan fingerprint density at radius 1 is 1.03 bits per heavy atom. The minimum Gasteiger partial charge on any atom is -0.493 e. The van der Waals surface area contributed by atoms with Gasteiger partial charge in [0.05, 0.1) is 19.8 Å². The van der Waals surface area contributed by atoms with Crippen LogP contribution >= 0.6 is 27.7 Å². The van der Waals surface area contributed by atoms with Crippen LogP contribution in [0.25, 0.3) is 11.1 Å². The van der Waals surface area contributed by atoms with Crippen molar-refractivity contribution >= 4 is 44.6 Å². The van der Waals surface area contributed by atoms with Gasteiger partial charge in [-0.25, -0.2) is 0 Å². The summed E-state index contributed by atoms with van der Waals surface area (Å²) in [5.74, 6) is 0.220. The highest BCUT2D eigenvalue weighted by Gasteiger charge is 2.48. The van der Waals surface area contributed by atoms with Gasteiger partial charge in [-0.05, 0) is 53.6 Å². The van der Waals surface area contributed by atoms with Crippen LogP contribution in [0.4, 0.5) is 10.5 Å². The first-order valence-electron chi connectivity index (χ1n) is 11.2. The van der Waals surface area contributed by atoms with Crippen LogP contribution < -0.4 is 9.64 Å². The number of carbonyl (C=O) groups excluding carboxylic acids is 2. The number of nitrogens with zero attached hydrogens (tertiary/aromatic N) is 1. The van der Waals surface area contributed by atoms with E-state index in [0.29, 0.717) is 12.4 Å². The lowest BCUT2D eigenvalue weighted by Crippen LogP contribution is -2.33. The molecule has 1 heterocycles. The number of hydrogen-bond donors (Lipinski definition) is 0. The van der Waals surface area contributed by atoms with E-state index in [-0.39, 0.29) is 5.24 Å². The van der Waals surface area contributed by atoms with Crippen LogP contribution in [-0.2, 0) is 9.53 Å². The summed E-state index contributed by atoms with van der Waals surface area (Å²) in [5.41, 5.74) is 3.65. The number of carbonyl (C=O) groups is 2. The molecule has 0 aliphatic carbocycles. The molecule has 0 unspecified atom stereocenters. The number of esters is 1. The highest BCUT2D eigenvalue weighted by Crippen LogP contribution is 2.48. The third-order valence-corrected chi connectivity index (χ3v) is 7.32. The summed E-state index contributed by atoms with van der Waals surface area (Å²) in [6.45, 7) is 2.66. The lowest BCUT2D eigenvalue weighted by molar-refractivity contribution is -0.140. The van der Waals surface area contributed by atoms with Crippen LogP contribution in [0.2, 0.25) is 0 Å². The van der Waals surface area contributed by atoms with Crippen molar-refractivity contribution in [2.75, 3.05) is 18.6 Å². The lowest BCUT2D eigenvalue weighted by Gasteiger charge is -2.28. The molecule has 1 fully saturated rings. The third kappa shape index (κ3) is 5.15. The highest BCUT2D eigenvalue weighted by molar-refractivity contribution is 9.10. The van der Waals surface area contributed by atoms with E-state index in [1.807, 2.05) is 72.8 Å². The average Bonchev–Trinajstić information content (AvgIpc) is 3.21. The molecule has 176 valence electrons. The van der Waals surface area contributed by atoms with Gasteiger partial charge < -0.3 is 9.47 Å². The molecule has 1 amide bonds.